The largest absolute Gasteiger partial charge is 0.393 e. The summed E-state index contributed by atoms with van der Waals surface area (Å²) in [5, 5.41) is 9.67. The lowest BCUT2D eigenvalue weighted by atomic mass is 10.1. The Morgan fingerprint density at radius 1 is 1.29 bits per heavy atom. The zero-order valence-electron chi connectivity index (χ0n) is 10.6. The molecule has 94 valence electrons. The maximum Gasteiger partial charge on any atom is 0.0716 e. The van der Waals surface area contributed by atoms with Crippen molar-refractivity contribution >= 4 is 0 Å². The molecule has 0 fully saturated rings. The summed E-state index contributed by atoms with van der Waals surface area (Å²) in [6.07, 6.45) is 2.09. The van der Waals surface area contributed by atoms with E-state index in [1.54, 1.807) is 0 Å². The topological polar surface area (TPSA) is 29.5 Å². The zero-order valence-corrected chi connectivity index (χ0v) is 10.6. The van der Waals surface area contributed by atoms with Crippen molar-refractivity contribution < 1.29 is 9.84 Å². The molecule has 0 radical (unpaired) electrons. The third-order valence-corrected chi connectivity index (χ3v) is 2.61. The Balaban J connectivity index is 2.06. The molecule has 0 aliphatic carbocycles. The fraction of sp³-hybridized carbons (Fsp3) is 0.467. The Bertz CT molecular complexity index is 319. The first-order chi connectivity index (χ1) is 8.18. The van der Waals surface area contributed by atoms with Crippen molar-refractivity contribution in [3.8, 4) is 0 Å². The van der Waals surface area contributed by atoms with Gasteiger partial charge in [-0.05, 0) is 31.7 Å². The van der Waals surface area contributed by atoms with Gasteiger partial charge in [-0.1, -0.05) is 35.9 Å². The van der Waals surface area contributed by atoms with E-state index < -0.39 is 0 Å². The highest BCUT2D eigenvalue weighted by molar-refractivity contribution is 5.13. The van der Waals surface area contributed by atoms with Crippen LogP contribution in [0.25, 0.3) is 0 Å². The minimum Gasteiger partial charge on any atom is -0.393 e. The molecule has 0 aromatic heterocycles. The monoisotopic (exact) mass is 234 g/mol. The van der Waals surface area contributed by atoms with Crippen molar-refractivity contribution in [1.82, 2.24) is 0 Å². The van der Waals surface area contributed by atoms with E-state index in [4.69, 9.17) is 4.74 Å². The molecule has 0 amide bonds. The molecule has 0 aliphatic rings. The van der Waals surface area contributed by atoms with Crippen LogP contribution in [0.15, 0.2) is 42.5 Å². The van der Waals surface area contributed by atoms with E-state index in [0.29, 0.717) is 19.6 Å². The number of rotatable bonds is 8. The number of aliphatic hydroxyl groups excluding tert-OH is 1. The quantitative estimate of drug-likeness (QED) is 0.552. The predicted molar refractivity (Wildman–Crippen MR) is 70.8 cm³/mol. The maximum absolute atomic E-state index is 9.67. The van der Waals surface area contributed by atoms with Crippen molar-refractivity contribution in [2.75, 3.05) is 6.61 Å². The average Bonchev–Trinajstić information content (AvgIpc) is 2.33. The van der Waals surface area contributed by atoms with Crippen LogP contribution < -0.4 is 0 Å². The van der Waals surface area contributed by atoms with E-state index >= 15 is 0 Å². The Morgan fingerprint density at radius 2 is 2.00 bits per heavy atom. The van der Waals surface area contributed by atoms with Crippen molar-refractivity contribution in [3.05, 3.63) is 48.0 Å². The van der Waals surface area contributed by atoms with Gasteiger partial charge < -0.3 is 9.84 Å². The van der Waals surface area contributed by atoms with Gasteiger partial charge in [0.25, 0.3) is 0 Å². The van der Waals surface area contributed by atoms with Crippen molar-refractivity contribution in [1.29, 1.82) is 0 Å². The van der Waals surface area contributed by atoms with Crippen molar-refractivity contribution in [2.45, 2.75) is 38.9 Å². The van der Waals surface area contributed by atoms with Crippen molar-refractivity contribution in [3.63, 3.8) is 0 Å². The second kappa shape index (κ2) is 8.04. The first kappa shape index (κ1) is 13.9. The predicted octanol–water partition coefficient (Wildman–Crippen LogP) is 3.31. The summed E-state index contributed by atoms with van der Waals surface area (Å²) in [5.74, 6) is 0. The number of hydrogen-bond donors (Lipinski definition) is 1. The molecule has 0 spiro atoms. The molecule has 1 N–H and O–H groups in total. The number of aliphatic hydroxyl groups is 1. The van der Waals surface area contributed by atoms with E-state index in [1.807, 2.05) is 37.3 Å². The summed E-state index contributed by atoms with van der Waals surface area (Å²) in [6.45, 7) is 7.03. The van der Waals surface area contributed by atoms with E-state index in [0.717, 1.165) is 18.4 Å². The van der Waals surface area contributed by atoms with Gasteiger partial charge in [0.1, 0.15) is 0 Å². The first-order valence-electron chi connectivity index (χ1n) is 6.12. The van der Waals surface area contributed by atoms with Crippen LogP contribution >= 0.6 is 0 Å². The fourth-order valence-electron chi connectivity index (χ4n) is 1.54. The summed E-state index contributed by atoms with van der Waals surface area (Å²) in [4.78, 5) is 0. The minimum atomic E-state index is -0.275. The van der Waals surface area contributed by atoms with E-state index in [1.165, 1.54) is 5.56 Å². The van der Waals surface area contributed by atoms with Crippen LogP contribution in [0.1, 0.15) is 31.7 Å². The molecule has 2 nitrogen and oxygen atoms in total. The van der Waals surface area contributed by atoms with Gasteiger partial charge in [0, 0.05) is 6.61 Å². The standard InChI is InChI=1S/C15H22O2/c1-13(2)8-9-15(16)10-11-17-12-14-6-4-3-5-7-14/h3-7,15-16H,1,8-12H2,2H3/t15-/m0/s1. The van der Waals surface area contributed by atoms with Gasteiger partial charge in [0.2, 0.25) is 0 Å². The molecule has 0 heterocycles. The molecular weight excluding hydrogens is 212 g/mol. The van der Waals surface area contributed by atoms with Crippen LogP contribution in [0.4, 0.5) is 0 Å². The highest BCUT2D eigenvalue weighted by Gasteiger charge is 2.03. The molecule has 1 aromatic carbocycles. The molecule has 0 bridgehead atoms. The summed E-state index contributed by atoms with van der Waals surface area (Å²) in [7, 11) is 0. The molecule has 0 saturated heterocycles. The third-order valence-electron chi connectivity index (χ3n) is 2.61. The normalized spacial score (nSPS) is 12.4. The molecule has 0 saturated carbocycles. The van der Waals surface area contributed by atoms with Crippen LogP contribution in [0, 0.1) is 0 Å². The lowest BCUT2D eigenvalue weighted by Crippen LogP contribution is -2.10. The number of hydrogen-bond acceptors (Lipinski definition) is 2. The SMILES string of the molecule is C=C(C)CC[C@H](O)CCOCc1ccccc1. The van der Waals surface area contributed by atoms with Crippen LogP contribution in [-0.2, 0) is 11.3 Å². The zero-order chi connectivity index (χ0) is 12.5. The summed E-state index contributed by atoms with van der Waals surface area (Å²) < 4.78 is 5.51. The highest BCUT2D eigenvalue weighted by Crippen LogP contribution is 2.08. The Kier molecular flexibility index (Phi) is 6.60. The maximum atomic E-state index is 9.67. The summed E-state index contributed by atoms with van der Waals surface area (Å²) in [5.41, 5.74) is 2.29. The van der Waals surface area contributed by atoms with E-state index in [-0.39, 0.29) is 6.10 Å². The number of ether oxygens (including phenoxy) is 1. The first-order valence-corrected chi connectivity index (χ1v) is 6.12. The smallest absolute Gasteiger partial charge is 0.0716 e. The molecular formula is C15H22O2. The third kappa shape index (κ3) is 6.93. The number of allylic oxidation sites excluding steroid dienone is 1. The van der Waals surface area contributed by atoms with Gasteiger partial charge in [-0.15, -0.1) is 6.58 Å². The van der Waals surface area contributed by atoms with Gasteiger partial charge in [-0.2, -0.15) is 0 Å². The van der Waals surface area contributed by atoms with Gasteiger partial charge in [0.15, 0.2) is 0 Å². The fourth-order valence-corrected chi connectivity index (χ4v) is 1.54. The van der Waals surface area contributed by atoms with Crippen molar-refractivity contribution in [2.24, 2.45) is 0 Å². The second-order valence-electron chi connectivity index (χ2n) is 4.48. The molecule has 1 rings (SSSR count). The van der Waals surface area contributed by atoms with Crippen LogP contribution in [0.2, 0.25) is 0 Å². The Labute approximate surface area is 104 Å². The average molecular weight is 234 g/mol. The van der Waals surface area contributed by atoms with E-state index in [9.17, 15) is 5.11 Å². The van der Waals surface area contributed by atoms with Gasteiger partial charge in [0.05, 0.1) is 12.7 Å². The van der Waals surface area contributed by atoms with Crippen LogP contribution in [0.5, 0.6) is 0 Å². The molecule has 0 aliphatic heterocycles. The summed E-state index contributed by atoms with van der Waals surface area (Å²) in [6, 6.07) is 10.1. The Hall–Kier alpha value is -1.12. The van der Waals surface area contributed by atoms with E-state index in [2.05, 4.69) is 6.58 Å². The highest BCUT2D eigenvalue weighted by atomic mass is 16.5. The van der Waals surface area contributed by atoms with Gasteiger partial charge in [-0.3, -0.25) is 0 Å². The molecule has 2 heteroatoms. The second-order valence-corrected chi connectivity index (χ2v) is 4.48. The molecule has 0 unspecified atom stereocenters. The lowest BCUT2D eigenvalue weighted by molar-refractivity contribution is 0.0702. The van der Waals surface area contributed by atoms with Crippen LogP contribution in [-0.4, -0.2) is 17.8 Å². The lowest BCUT2D eigenvalue weighted by Gasteiger charge is -2.10. The minimum absolute atomic E-state index is 0.275. The van der Waals surface area contributed by atoms with Gasteiger partial charge in [-0.25, -0.2) is 0 Å². The van der Waals surface area contributed by atoms with Crippen LogP contribution in [0.3, 0.4) is 0 Å². The number of benzene rings is 1. The molecule has 1 atom stereocenters. The molecule has 17 heavy (non-hydrogen) atoms. The summed E-state index contributed by atoms with van der Waals surface area (Å²) >= 11 is 0. The Morgan fingerprint density at radius 3 is 2.65 bits per heavy atom. The van der Waals surface area contributed by atoms with Gasteiger partial charge >= 0.3 is 0 Å². The molecule has 1 aromatic rings.